The van der Waals surface area contributed by atoms with Gasteiger partial charge in [-0.05, 0) is 38.5 Å². The average molecular weight is 331 g/mol. The van der Waals surface area contributed by atoms with Crippen molar-refractivity contribution in [3.05, 3.63) is 29.3 Å². The lowest BCUT2D eigenvalue weighted by atomic mass is 10.0. The number of alkyl halides is 3. The largest absolute Gasteiger partial charge is 0.491 e. The van der Waals surface area contributed by atoms with Crippen molar-refractivity contribution in [2.24, 2.45) is 5.92 Å². The Kier molecular flexibility index (Phi) is 5.89. The number of ether oxygens (including phenoxy) is 1. The van der Waals surface area contributed by atoms with Gasteiger partial charge in [-0.15, -0.1) is 0 Å². The molecule has 1 aliphatic rings. The molecule has 2 unspecified atom stereocenters. The number of rotatable bonds is 6. The molecule has 0 bridgehead atoms. The number of hydrogen-bond acceptors (Lipinski definition) is 4. The fraction of sp³-hybridized carbons (Fsp3) is 0.625. The Balaban J connectivity index is 2.04. The molecule has 0 aromatic heterocycles. The van der Waals surface area contributed by atoms with Gasteiger partial charge < -0.3 is 10.1 Å². The summed E-state index contributed by atoms with van der Waals surface area (Å²) in [4.78, 5) is 0. The highest BCUT2D eigenvalue weighted by Gasteiger charge is 2.34. The molecule has 0 spiro atoms. The average Bonchev–Trinajstić information content (AvgIpc) is 2.84. The molecule has 0 aliphatic carbocycles. The van der Waals surface area contributed by atoms with Crippen LogP contribution in [-0.4, -0.2) is 25.2 Å². The summed E-state index contributed by atoms with van der Waals surface area (Å²) in [7, 11) is 0. The van der Waals surface area contributed by atoms with Crippen LogP contribution in [0.1, 0.15) is 31.9 Å². The van der Waals surface area contributed by atoms with E-state index in [0.717, 1.165) is 12.6 Å². The van der Waals surface area contributed by atoms with E-state index in [0.29, 0.717) is 18.5 Å². The van der Waals surface area contributed by atoms with Crippen LogP contribution in [0.2, 0.25) is 0 Å². The van der Waals surface area contributed by atoms with Gasteiger partial charge in [0.1, 0.15) is 5.75 Å². The van der Waals surface area contributed by atoms with E-state index in [9.17, 15) is 13.2 Å². The molecule has 2 atom stereocenters. The summed E-state index contributed by atoms with van der Waals surface area (Å²) in [6.45, 7) is 7.26. The zero-order valence-electron chi connectivity index (χ0n) is 13.6. The summed E-state index contributed by atoms with van der Waals surface area (Å²) in [5.74, 6) is 0.599. The standard InChI is InChI=1S/C16H24F3N3O/c1-10(2)23-14-5-4-12(15(6-14)16(17,18)19)7-20-8-13-9-21-22-11(13)3/h4-6,10-11,13,20-22H,7-9H2,1-3H3. The Morgan fingerprint density at radius 1 is 1.35 bits per heavy atom. The normalized spacial score (nSPS) is 21.9. The minimum absolute atomic E-state index is 0.163. The quantitative estimate of drug-likeness (QED) is 0.750. The van der Waals surface area contributed by atoms with E-state index in [1.165, 1.54) is 6.07 Å². The van der Waals surface area contributed by atoms with Crippen molar-refractivity contribution >= 4 is 0 Å². The van der Waals surface area contributed by atoms with Gasteiger partial charge in [-0.3, -0.25) is 10.9 Å². The van der Waals surface area contributed by atoms with Crippen molar-refractivity contribution in [3.63, 3.8) is 0 Å². The van der Waals surface area contributed by atoms with E-state index >= 15 is 0 Å². The molecule has 7 heteroatoms. The van der Waals surface area contributed by atoms with Gasteiger partial charge >= 0.3 is 6.18 Å². The number of hydrogen-bond donors (Lipinski definition) is 3. The number of halogens is 3. The summed E-state index contributed by atoms with van der Waals surface area (Å²) in [5, 5.41) is 3.13. The molecule has 1 saturated heterocycles. The van der Waals surface area contributed by atoms with Gasteiger partial charge in [0.25, 0.3) is 0 Å². The smallest absolute Gasteiger partial charge is 0.416 e. The molecule has 4 nitrogen and oxygen atoms in total. The van der Waals surface area contributed by atoms with E-state index in [4.69, 9.17) is 4.74 Å². The summed E-state index contributed by atoms with van der Waals surface area (Å²) < 4.78 is 45.1. The molecule has 3 N–H and O–H groups in total. The molecular weight excluding hydrogens is 307 g/mol. The molecular formula is C16H24F3N3O. The maximum atomic E-state index is 13.3. The van der Waals surface area contributed by atoms with Crippen LogP contribution in [0.4, 0.5) is 13.2 Å². The zero-order valence-corrected chi connectivity index (χ0v) is 13.6. The second-order valence-corrected chi connectivity index (χ2v) is 6.19. The Morgan fingerprint density at radius 2 is 2.09 bits per heavy atom. The first kappa shape index (κ1) is 18.0. The predicted octanol–water partition coefficient (Wildman–Crippen LogP) is 2.69. The van der Waals surface area contributed by atoms with Gasteiger partial charge in [0.15, 0.2) is 0 Å². The molecule has 0 saturated carbocycles. The third-order valence-corrected chi connectivity index (χ3v) is 3.88. The van der Waals surface area contributed by atoms with Gasteiger partial charge in [-0.25, -0.2) is 0 Å². The maximum absolute atomic E-state index is 13.3. The van der Waals surface area contributed by atoms with Gasteiger partial charge in [0, 0.05) is 31.6 Å². The van der Waals surface area contributed by atoms with Crippen LogP contribution in [0.5, 0.6) is 5.75 Å². The lowest BCUT2D eigenvalue weighted by Crippen LogP contribution is -2.32. The maximum Gasteiger partial charge on any atom is 0.416 e. The van der Waals surface area contributed by atoms with Crippen molar-refractivity contribution in [3.8, 4) is 5.75 Å². The molecule has 1 heterocycles. The van der Waals surface area contributed by atoms with Crippen molar-refractivity contribution < 1.29 is 17.9 Å². The predicted molar refractivity (Wildman–Crippen MR) is 83.0 cm³/mol. The zero-order chi connectivity index (χ0) is 17.0. The lowest BCUT2D eigenvalue weighted by Gasteiger charge is -2.18. The minimum atomic E-state index is -4.39. The molecule has 130 valence electrons. The first-order valence-corrected chi connectivity index (χ1v) is 7.83. The Hall–Kier alpha value is -1.31. The third-order valence-electron chi connectivity index (χ3n) is 3.88. The highest BCUT2D eigenvalue weighted by atomic mass is 19.4. The number of hydrazine groups is 1. The molecule has 1 aromatic carbocycles. The lowest BCUT2D eigenvalue weighted by molar-refractivity contribution is -0.138. The fourth-order valence-corrected chi connectivity index (χ4v) is 2.61. The van der Waals surface area contributed by atoms with E-state index in [1.54, 1.807) is 19.9 Å². The molecule has 0 radical (unpaired) electrons. The van der Waals surface area contributed by atoms with Crippen LogP contribution >= 0.6 is 0 Å². The minimum Gasteiger partial charge on any atom is -0.491 e. The second kappa shape index (κ2) is 7.51. The van der Waals surface area contributed by atoms with Crippen LogP contribution in [0, 0.1) is 5.92 Å². The van der Waals surface area contributed by atoms with Crippen molar-refractivity contribution in [2.45, 2.75) is 45.6 Å². The Morgan fingerprint density at radius 3 is 2.65 bits per heavy atom. The summed E-state index contributed by atoms with van der Waals surface area (Å²) in [6, 6.07) is 4.46. The van der Waals surface area contributed by atoms with E-state index in [1.807, 2.05) is 6.92 Å². The highest BCUT2D eigenvalue weighted by molar-refractivity contribution is 5.37. The second-order valence-electron chi connectivity index (χ2n) is 6.19. The molecule has 0 amide bonds. The van der Waals surface area contributed by atoms with Crippen molar-refractivity contribution in [2.75, 3.05) is 13.1 Å². The van der Waals surface area contributed by atoms with Crippen LogP contribution in [0.3, 0.4) is 0 Å². The monoisotopic (exact) mass is 331 g/mol. The topological polar surface area (TPSA) is 45.3 Å². The first-order valence-electron chi connectivity index (χ1n) is 7.83. The Labute approximate surface area is 134 Å². The number of benzene rings is 1. The molecule has 23 heavy (non-hydrogen) atoms. The van der Waals surface area contributed by atoms with E-state index < -0.39 is 11.7 Å². The summed E-state index contributed by atoms with van der Waals surface area (Å²) in [6.07, 6.45) is -4.55. The van der Waals surface area contributed by atoms with Crippen LogP contribution in [-0.2, 0) is 12.7 Å². The Bertz CT molecular complexity index is 520. The first-order chi connectivity index (χ1) is 10.8. The van der Waals surface area contributed by atoms with Crippen LogP contribution in [0.25, 0.3) is 0 Å². The number of nitrogens with one attached hydrogen (secondary N) is 3. The van der Waals surface area contributed by atoms with Gasteiger partial charge in [0.2, 0.25) is 0 Å². The highest BCUT2D eigenvalue weighted by Crippen LogP contribution is 2.34. The van der Waals surface area contributed by atoms with Gasteiger partial charge in [-0.1, -0.05) is 6.07 Å². The third kappa shape index (κ3) is 5.09. The molecule has 1 aliphatic heterocycles. The molecule has 2 rings (SSSR count). The molecule has 1 aromatic rings. The summed E-state index contributed by atoms with van der Waals surface area (Å²) >= 11 is 0. The molecule has 1 fully saturated rings. The van der Waals surface area contributed by atoms with Gasteiger partial charge in [-0.2, -0.15) is 13.2 Å². The van der Waals surface area contributed by atoms with Crippen LogP contribution < -0.4 is 20.9 Å². The van der Waals surface area contributed by atoms with Crippen LogP contribution in [0.15, 0.2) is 18.2 Å². The summed E-state index contributed by atoms with van der Waals surface area (Å²) in [5.41, 5.74) is 5.73. The van der Waals surface area contributed by atoms with Crippen molar-refractivity contribution in [1.29, 1.82) is 0 Å². The SMILES string of the molecule is CC(C)Oc1ccc(CNCC2CNNC2C)c(C(F)(F)F)c1. The fourth-order valence-electron chi connectivity index (χ4n) is 2.61. The van der Waals surface area contributed by atoms with E-state index in [2.05, 4.69) is 16.2 Å². The van der Waals surface area contributed by atoms with Gasteiger partial charge in [0.05, 0.1) is 11.7 Å². The van der Waals surface area contributed by atoms with E-state index in [-0.39, 0.29) is 24.0 Å². The van der Waals surface area contributed by atoms with Crippen molar-refractivity contribution in [1.82, 2.24) is 16.2 Å².